The molecule has 124 valence electrons. The molecule has 0 amide bonds. The third kappa shape index (κ3) is 2.89. The Bertz CT molecular complexity index is 1120. The molecule has 25 heavy (non-hydrogen) atoms. The number of benzene rings is 2. The summed E-state index contributed by atoms with van der Waals surface area (Å²) in [6.07, 6.45) is 1.43. The molecule has 0 saturated heterocycles. The summed E-state index contributed by atoms with van der Waals surface area (Å²) in [5.74, 6) is -0.405. The molecule has 0 aliphatic heterocycles. The Labute approximate surface area is 146 Å². The lowest BCUT2D eigenvalue weighted by atomic mass is 10.2. The first kappa shape index (κ1) is 15.5. The Morgan fingerprint density at radius 2 is 1.92 bits per heavy atom. The molecule has 0 spiro atoms. The molecule has 0 unspecified atom stereocenters. The van der Waals surface area contributed by atoms with Gasteiger partial charge in [-0.1, -0.05) is 35.0 Å². The molecule has 0 radical (unpaired) electrons. The van der Waals surface area contributed by atoms with Gasteiger partial charge in [-0.05, 0) is 35.9 Å². The number of rotatable bonds is 3. The number of fused-ring (bicyclic) bond motifs is 1. The smallest absolute Gasteiger partial charge is 0.283 e. The van der Waals surface area contributed by atoms with Crippen LogP contribution in [0, 0.1) is 5.82 Å². The SMILES string of the molecule is O=c1c2nnn(-c3cccc(F)c3)c2ncn1Cc1ccc(Cl)cc1. The van der Waals surface area contributed by atoms with Gasteiger partial charge in [0.2, 0.25) is 0 Å². The molecule has 4 aromatic rings. The predicted molar refractivity (Wildman–Crippen MR) is 91.4 cm³/mol. The van der Waals surface area contributed by atoms with Gasteiger partial charge in [0.25, 0.3) is 5.56 Å². The highest BCUT2D eigenvalue weighted by Gasteiger charge is 2.13. The van der Waals surface area contributed by atoms with E-state index in [0.29, 0.717) is 17.3 Å². The maximum absolute atomic E-state index is 13.4. The fourth-order valence-electron chi connectivity index (χ4n) is 2.52. The molecule has 0 aliphatic rings. The molecule has 2 aromatic heterocycles. The zero-order valence-electron chi connectivity index (χ0n) is 12.8. The largest absolute Gasteiger partial charge is 0.293 e. The van der Waals surface area contributed by atoms with Crippen LogP contribution in [0.25, 0.3) is 16.9 Å². The van der Waals surface area contributed by atoms with Gasteiger partial charge >= 0.3 is 0 Å². The lowest BCUT2D eigenvalue weighted by Gasteiger charge is -2.06. The Morgan fingerprint density at radius 1 is 1.12 bits per heavy atom. The molecular weight excluding hydrogens is 345 g/mol. The van der Waals surface area contributed by atoms with E-state index in [2.05, 4.69) is 15.3 Å². The van der Waals surface area contributed by atoms with Crippen molar-refractivity contribution in [3.05, 3.63) is 81.6 Å². The van der Waals surface area contributed by atoms with Crippen molar-refractivity contribution in [1.82, 2.24) is 24.5 Å². The van der Waals surface area contributed by atoms with E-state index >= 15 is 0 Å². The first-order valence-electron chi connectivity index (χ1n) is 7.43. The van der Waals surface area contributed by atoms with Crippen molar-refractivity contribution in [2.45, 2.75) is 6.54 Å². The quantitative estimate of drug-likeness (QED) is 0.567. The Kier molecular flexibility index (Phi) is 3.77. The predicted octanol–water partition coefficient (Wildman–Crippen LogP) is 2.82. The zero-order valence-corrected chi connectivity index (χ0v) is 13.6. The number of hydrogen-bond acceptors (Lipinski definition) is 4. The average molecular weight is 356 g/mol. The number of aromatic nitrogens is 5. The third-order valence-corrected chi connectivity index (χ3v) is 4.00. The van der Waals surface area contributed by atoms with Crippen LogP contribution in [0.5, 0.6) is 0 Å². The highest BCUT2D eigenvalue weighted by molar-refractivity contribution is 6.30. The Balaban J connectivity index is 1.77. The zero-order chi connectivity index (χ0) is 17.4. The third-order valence-electron chi connectivity index (χ3n) is 3.75. The summed E-state index contributed by atoms with van der Waals surface area (Å²) in [6, 6.07) is 13.0. The fraction of sp³-hybridized carbons (Fsp3) is 0.0588. The standard InChI is InChI=1S/C17H11ClFN5O/c18-12-6-4-11(5-7-12)9-23-10-20-16-15(17(23)25)21-22-24(16)14-3-1-2-13(19)8-14/h1-8,10H,9H2. The number of nitrogens with zero attached hydrogens (tertiary/aromatic N) is 5. The lowest BCUT2D eigenvalue weighted by molar-refractivity contribution is 0.625. The Hall–Kier alpha value is -3.06. The summed E-state index contributed by atoms with van der Waals surface area (Å²) in [5.41, 5.74) is 1.45. The second-order valence-electron chi connectivity index (χ2n) is 5.46. The molecule has 0 atom stereocenters. The van der Waals surface area contributed by atoms with Gasteiger partial charge in [0.1, 0.15) is 12.1 Å². The number of halogens is 2. The van der Waals surface area contributed by atoms with Gasteiger partial charge in [0, 0.05) is 5.02 Å². The summed E-state index contributed by atoms with van der Waals surface area (Å²) in [4.78, 5) is 16.9. The van der Waals surface area contributed by atoms with Crippen LogP contribution in [-0.4, -0.2) is 24.5 Å². The van der Waals surface area contributed by atoms with E-state index in [0.717, 1.165) is 5.56 Å². The molecule has 2 aromatic carbocycles. The second-order valence-corrected chi connectivity index (χ2v) is 5.89. The first-order chi connectivity index (χ1) is 12.1. The fourth-order valence-corrected chi connectivity index (χ4v) is 2.65. The van der Waals surface area contributed by atoms with Gasteiger partial charge in [-0.25, -0.2) is 9.37 Å². The highest BCUT2D eigenvalue weighted by Crippen LogP contribution is 2.14. The molecule has 8 heteroatoms. The van der Waals surface area contributed by atoms with Crippen LogP contribution >= 0.6 is 11.6 Å². The van der Waals surface area contributed by atoms with Gasteiger partial charge in [-0.3, -0.25) is 9.36 Å². The minimum Gasteiger partial charge on any atom is -0.293 e. The van der Waals surface area contributed by atoms with E-state index in [4.69, 9.17) is 11.6 Å². The molecule has 0 saturated carbocycles. The molecule has 6 nitrogen and oxygen atoms in total. The van der Waals surface area contributed by atoms with Crippen molar-refractivity contribution >= 4 is 22.8 Å². The van der Waals surface area contributed by atoms with Gasteiger partial charge in [0.05, 0.1) is 12.2 Å². The molecule has 0 N–H and O–H groups in total. The van der Waals surface area contributed by atoms with E-state index in [1.807, 2.05) is 12.1 Å². The summed E-state index contributed by atoms with van der Waals surface area (Å²) in [5, 5.41) is 8.48. The normalized spacial score (nSPS) is 11.1. The highest BCUT2D eigenvalue weighted by atomic mass is 35.5. The first-order valence-corrected chi connectivity index (χ1v) is 7.81. The lowest BCUT2D eigenvalue weighted by Crippen LogP contribution is -2.21. The van der Waals surface area contributed by atoms with Gasteiger partial charge < -0.3 is 0 Å². The summed E-state index contributed by atoms with van der Waals surface area (Å²) < 4.78 is 16.2. The molecule has 0 aliphatic carbocycles. The van der Waals surface area contributed by atoms with E-state index in [1.54, 1.807) is 24.3 Å². The van der Waals surface area contributed by atoms with Gasteiger partial charge in [-0.2, -0.15) is 4.68 Å². The minimum atomic E-state index is -0.405. The molecule has 2 heterocycles. The van der Waals surface area contributed by atoms with Crippen molar-refractivity contribution in [2.75, 3.05) is 0 Å². The molecule has 0 bridgehead atoms. The van der Waals surface area contributed by atoms with Crippen LogP contribution in [0.4, 0.5) is 4.39 Å². The van der Waals surface area contributed by atoms with Crippen molar-refractivity contribution in [2.24, 2.45) is 0 Å². The van der Waals surface area contributed by atoms with Crippen molar-refractivity contribution in [3.63, 3.8) is 0 Å². The van der Waals surface area contributed by atoms with Crippen molar-refractivity contribution in [1.29, 1.82) is 0 Å². The van der Waals surface area contributed by atoms with Crippen LogP contribution in [0.2, 0.25) is 5.02 Å². The van der Waals surface area contributed by atoms with E-state index in [1.165, 1.54) is 27.7 Å². The van der Waals surface area contributed by atoms with Gasteiger partial charge in [-0.15, -0.1) is 5.10 Å². The topological polar surface area (TPSA) is 65.6 Å². The molecular formula is C17H11ClFN5O. The van der Waals surface area contributed by atoms with Crippen molar-refractivity contribution in [3.8, 4) is 5.69 Å². The van der Waals surface area contributed by atoms with Crippen molar-refractivity contribution < 1.29 is 4.39 Å². The summed E-state index contributed by atoms with van der Waals surface area (Å²) in [6.45, 7) is 0.339. The van der Waals surface area contributed by atoms with E-state index in [9.17, 15) is 9.18 Å². The van der Waals surface area contributed by atoms with Crippen LogP contribution in [-0.2, 0) is 6.54 Å². The minimum absolute atomic E-state index is 0.126. The van der Waals surface area contributed by atoms with Gasteiger partial charge in [0.15, 0.2) is 11.2 Å². The number of hydrogen-bond donors (Lipinski definition) is 0. The van der Waals surface area contributed by atoms with Crippen LogP contribution in [0.15, 0.2) is 59.7 Å². The van der Waals surface area contributed by atoms with E-state index in [-0.39, 0.29) is 16.7 Å². The van der Waals surface area contributed by atoms with E-state index < -0.39 is 5.82 Å². The monoisotopic (exact) mass is 355 g/mol. The summed E-state index contributed by atoms with van der Waals surface area (Å²) in [7, 11) is 0. The second kappa shape index (κ2) is 6.10. The van der Waals surface area contributed by atoms with Crippen LogP contribution in [0.3, 0.4) is 0 Å². The Morgan fingerprint density at radius 3 is 2.68 bits per heavy atom. The van der Waals surface area contributed by atoms with Crippen LogP contribution < -0.4 is 5.56 Å². The van der Waals surface area contributed by atoms with Crippen LogP contribution in [0.1, 0.15) is 5.56 Å². The maximum Gasteiger partial charge on any atom is 0.283 e. The maximum atomic E-state index is 13.4. The molecule has 0 fully saturated rings. The molecule has 4 rings (SSSR count). The average Bonchev–Trinajstić information content (AvgIpc) is 3.04. The summed E-state index contributed by atoms with van der Waals surface area (Å²) >= 11 is 5.87.